The van der Waals surface area contributed by atoms with E-state index in [2.05, 4.69) is 19.2 Å². The number of carbonyl (C=O) groups is 1. The molecular weight excluding hydrogens is 254 g/mol. The monoisotopic (exact) mass is 279 g/mol. The normalized spacial score (nSPS) is 12.2. The molecule has 0 radical (unpaired) electrons. The van der Waals surface area contributed by atoms with E-state index in [4.69, 9.17) is 4.74 Å². The van der Waals surface area contributed by atoms with Crippen LogP contribution in [0, 0.1) is 12.8 Å². The highest BCUT2D eigenvalue weighted by Gasteiger charge is 2.08. The molecule has 0 spiro atoms. The molecule has 0 saturated carbocycles. The fraction of sp³-hybridized carbons (Fsp3) is 0.562. The Morgan fingerprint density at radius 3 is 2.80 bits per heavy atom. The van der Waals surface area contributed by atoms with Gasteiger partial charge in [0.2, 0.25) is 5.91 Å². The fourth-order valence-electron chi connectivity index (χ4n) is 1.70. The van der Waals surface area contributed by atoms with Gasteiger partial charge in [-0.1, -0.05) is 26.0 Å². The lowest BCUT2D eigenvalue weighted by molar-refractivity contribution is -0.121. The summed E-state index contributed by atoms with van der Waals surface area (Å²) < 4.78 is 5.48. The summed E-state index contributed by atoms with van der Waals surface area (Å²) in [5, 5.41) is 12.5. The summed E-state index contributed by atoms with van der Waals surface area (Å²) in [6, 6.07) is 7.65. The van der Waals surface area contributed by atoms with Crippen molar-refractivity contribution >= 4 is 5.91 Å². The Kier molecular flexibility index (Phi) is 7.09. The van der Waals surface area contributed by atoms with Crippen LogP contribution in [0.4, 0.5) is 0 Å². The minimum atomic E-state index is -0.696. The molecule has 1 amide bonds. The third-order valence-corrected chi connectivity index (χ3v) is 2.92. The molecule has 0 saturated heterocycles. The predicted molar refractivity (Wildman–Crippen MR) is 79.8 cm³/mol. The van der Waals surface area contributed by atoms with Gasteiger partial charge in [-0.25, -0.2) is 0 Å². The van der Waals surface area contributed by atoms with E-state index < -0.39 is 6.10 Å². The zero-order valence-corrected chi connectivity index (χ0v) is 12.6. The summed E-state index contributed by atoms with van der Waals surface area (Å²) >= 11 is 0. The van der Waals surface area contributed by atoms with Crippen molar-refractivity contribution in [2.75, 3.05) is 13.2 Å². The SMILES string of the molecule is Cc1cccc(OCC(O)CNC(=O)CCC(C)C)c1. The van der Waals surface area contributed by atoms with Crippen LogP contribution in [-0.4, -0.2) is 30.3 Å². The minimum absolute atomic E-state index is 0.0201. The number of amides is 1. The van der Waals surface area contributed by atoms with Crippen LogP contribution in [0.15, 0.2) is 24.3 Å². The van der Waals surface area contributed by atoms with Gasteiger partial charge in [0.1, 0.15) is 18.5 Å². The second kappa shape index (κ2) is 8.59. The molecule has 20 heavy (non-hydrogen) atoms. The summed E-state index contributed by atoms with van der Waals surface area (Å²) in [4.78, 5) is 11.5. The predicted octanol–water partition coefficient (Wildman–Crippen LogP) is 2.29. The lowest BCUT2D eigenvalue weighted by atomic mass is 10.1. The van der Waals surface area contributed by atoms with Gasteiger partial charge in [0, 0.05) is 13.0 Å². The van der Waals surface area contributed by atoms with Crippen molar-refractivity contribution in [1.29, 1.82) is 0 Å². The van der Waals surface area contributed by atoms with Crippen molar-refractivity contribution in [3.05, 3.63) is 29.8 Å². The Labute approximate surface area is 121 Å². The Bertz CT molecular complexity index is 418. The van der Waals surface area contributed by atoms with E-state index in [0.717, 1.165) is 17.7 Å². The molecule has 1 aromatic carbocycles. The van der Waals surface area contributed by atoms with Gasteiger partial charge in [-0.15, -0.1) is 0 Å². The molecule has 0 aliphatic heterocycles. The first-order valence-electron chi connectivity index (χ1n) is 7.11. The zero-order valence-electron chi connectivity index (χ0n) is 12.6. The number of aliphatic hydroxyl groups is 1. The number of aliphatic hydroxyl groups excluding tert-OH is 1. The Hall–Kier alpha value is -1.55. The number of nitrogens with one attached hydrogen (secondary N) is 1. The van der Waals surface area contributed by atoms with Crippen LogP contribution in [0.1, 0.15) is 32.3 Å². The van der Waals surface area contributed by atoms with Gasteiger partial charge in [0.25, 0.3) is 0 Å². The van der Waals surface area contributed by atoms with E-state index in [0.29, 0.717) is 12.3 Å². The van der Waals surface area contributed by atoms with Gasteiger partial charge >= 0.3 is 0 Å². The van der Waals surface area contributed by atoms with Crippen LogP contribution >= 0.6 is 0 Å². The number of benzene rings is 1. The third kappa shape index (κ3) is 7.14. The highest BCUT2D eigenvalue weighted by molar-refractivity contribution is 5.75. The molecule has 0 fully saturated rings. The quantitative estimate of drug-likeness (QED) is 0.767. The van der Waals surface area contributed by atoms with Crippen molar-refractivity contribution in [2.24, 2.45) is 5.92 Å². The Morgan fingerprint density at radius 2 is 2.15 bits per heavy atom. The Balaban J connectivity index is 2.20. The van der Waals surface area contributed by atoms with Crippen molar-refractivity contribution in [3.63, 3.8) is 0 Å². The van der Waals surface area contributed by atoms with Crippen LogP contribution in [0.5, 0.6) is 5.75 Å². The third-order valence-electron chi connectivity index (χ3n) is 2.92. The summed E-state index contributed by atoms with van der Waals surface area (Å²) in [6.07, 6.45) is 0.670. The molecule has 1 unspecified atom stereocenters. The van der Waals surface area contributed by atoms with Gasteiger partial charge in [0.05, 0.1) is 0 Å². The molecule has 112 valence electrons. The first-order chi connectivity index (χ1) is 9.47. The molecule has 4 nitrogen and oxygen atoms in total. The lowest BCUT2D eigenvalue weighted by Gasteiger charge is -2.14. The summed E-state index contributed by atoms with van der Waals surface area (Å²) in [7, 11) is 0. The molecule has 4 heteroatoms. The zero-order chi connectivity index (χ0) is 15.0. The van der Waals surface area contributed by atoms with Gasteiger partial charge < -0.3 is 15.2 Å². The van der Waals surface area contributed by atoms with E-state index >= 15 is 0 Å². The average molecular weight is 279 g/mol. The average Bonchev–Trinajstić information content (AvgIpc) is 2.40. The first-order valence-corrected chi connectivity index (χ1v) is 7.11. The van der Waals surface area contributed by atoms with E-state index in [9.17, 15) is 9.90 Å². The second-order valence-corrected chi connectivity index (χ2v) is 5.52. The summed E-state index contributed by atoms with van der Waals surface area (Å²) in [5.41, 5.74) is 1.11. The Morgan fingerprint density at radius 1 is 1.40 bits per heavy atom. The number of hydrogen-bond donors (Lipinski definition) is 2. The van der Waals surface area contributed by atoms with Crippen molar-refractivity contribution in [3.8, 4) is 5.75 Å². The molecule has 2 N–H and O–H groups in total. The number of hydrogen-bond acceptors (Lipinski definition) is 3. The molecule has 0 aliphatic carbocycles. The topological polar surface area (TPSA) is 58.6 Å². The van der Waals surface area contributed by atoms with Gasteiger partial charge in [-0.05, 0) is 37.0 Å². The first kappa shape index (κ1) is 16.5. The number of ether oxygens (including phenoxy) is 1. The van der Waals surface area contributed by atoms with Crippen LogP contribution in [0.25, 0.3) is 0 Å². The van der Waals surface area contributed by atoms with Crippen LogP contribution in [0.2, 0.25) is 0 Å². The van der Waals surface area contributed by atoms with Gasteiger partial charge in [-0.2, -0.15) is 0 Å². The fourth-order valence-corrected chi connectivity index (χ4v) is 1.70. The molecule has 1 rings (SSSR count). The van der Waals surface area contributed by atoms with Crippen LogP contribution in [-0.2, 0) is 4.79 Å². The van der Waals surface area contributed by atoms with Gasteiger partial charge in [-0.3, -0.25) is 4.79 Å². The molecule has 0 heterocycles. The maximum Gasteiger partial charge on any atom is 0.220 e. The highest BCUT2D eigenvalue weighted by Crippen LogP contribution is 2.12. The molecular formula is C16H25NO3. The maximum absolute atomic E-state index is 11.5. The van der Waals surface area contributed by atoms with E-state index in [1.807, 2.05) is 31.2 Å². The summed E-state index contributed by atoms with van der Waals surface area (Å²) in [6.45, 7) is 6.55. The molecule has 0 aromatic heterocycles. The number of carbonyl (C=O) groups excluding carboxylic acids is 1. The van der Waals surface area contributed by atoms with E-state index in [1.54, 1.807) is 0 Å². The number of aryl methyl sites for hydroxylation is 1. The van der Waals surface area contributed by atoms with E-state index in [1.165, 1.54) is 0 Å². The smallest absolute Gasteiger partial charge is 0.220 e. The molecule has 0 bridgehead atoms. The minimum Gasteiger partial charge on any atom is -0.491 e. The van der Waals surface area contributed by atoms with Crippen LogP contribution in [0.3, 0.4) is 0 Å². The largest absolute Gasteiger partial charge is 0.491 e. The highest BCUT2D eigenvalue weighted by atomic mass is 16.5. The number of rotatable bonds is 8. The summed E-state index contributed by atoms with van der Waals surface area (Å²) in [5.74, 6) is 1.22. The van der Waals surface area contributed by atoms with E-state index in [-0.39, 0.29) is 19.1 Å². The molecule has 1 atom stereocenters. The van der Waals surface area contributed by atoms with Crippen molar-refractivity contribution < 1.29 is 14.6 Å². The standard InChI is InChI=1S/C16H25NO3/c1-12(2)7-8-16(19)17-10-14(18)11-20-15-6-4-5-13(3)9-15/h4-6,9,12,14,18H,7-8,10-11H2,1-3H3,(H,17,19). The van der Waals surface area contributed by atoms with Gasteiger partial charge in [0.15, 0.2) is 0 Å². The van der Waals surface area contributed by atoms with Crippen molar-refractivity contribution in [1.82, 2.24) is 5.32 Å². The van der Waals surface area contributed by atoms with Crippen molar-refractivity contribution in [2.45, 2.75) is 39.7 Å². The second-order valence-electron chi connectivity index (χ2n) is 5.52. The van der Waals surface area contributed by atoms with Crippen LogP contribution < -0.4 is 10.1 Å². The molecule has 0 aliphatic rings. The molecule has 1 aromatic rings. The maximum atomic E-state index is 11.5. The lowest BCUT2D eigenvalue weighted by Crippen LogP contribution is -2.35.